The molecule has 0 heterocycles. The number of aliphatic hydroxyl groups excluding tert-OH is 1. The van der Waals surface area contributed by atoms with E-state index >= 15 is 0 Å². The molecule has 0 aromatic rings. The number of hydrogen-bond donors (Lipinski definition) is 2. The van der Waals surface area contributed by atoms with Crippen LogP contribution in [0.4, 0.5) is 0 Å². The number of aliphatic hydroxyl groups is 1. The van der Waals surface area contributed by atoms with Crippen molar-refractivity contribution in [2.45, 2.75) is 26.9 Å². The van der Waals surface area contributed by atoms with Gasteiger partial charge in [0.15, 0.2) is 0 Å². The van der Waals surface area contributed by atoms with Crippen LogP contribution in [0.1, 0.15) is 20.8 Å². The fourth-order valence-corrected chi connectivity index (χ4v) is 1.09. The van der Waals surface area contributed by atoms with Gasteiger partial charge in [0.25, 0.3) is 0 Å². The maximum absolute atomic E-state index is 8.96. The molecule has 1 unspecified atom stereocenters. The van der Waals surface area contributed by atoms with Crippen LogP contribution in [0.3, 0.4) is 0 Å². The number of likely N-dealkylation sites (N-methyl/N-ethyl adjacent to an activating group) is 1. The first-order valence-electron chi connectivity index (χ1n) is 4.81. The van der Waals surface area contributed by atoms with Crippen molar-refractivity contribution in [3.63, 3.8) is 0 Å². The first kappa shape index (κ1) is 11.9. The first-order valence-corrected chi connectivity index (χ1v) is 4.81. The molecule has 0 saturated heterocycles. The lowest BCUT2D eigenvalue weighted by molar-refractivity contribution is 0.188. The van der Waals surface area contributed by atoms with Crippen LogP contribution in [0.25, 0.3) is 0 Å². The van der Waals surface area contributed by atoms with Gasteiger partial charge in [-0.05, 0) is 20.0 Å². The molecule has 0 aromatic carbocycles. The number of nitrogens with one attached hydrogen (secondary N) is 1. The molecule has 74 valence electrons. The number of nitrogens with zero attached hydrogens (tertiary/aromatic N) is 1. The molecule has 0 aromatic heterocycles. The Hall–Kier alpha value is -0.120. The Labute approximate surface area is 75.8 Å². The van der Waals surface area contributed by atoms with Crippen molar-refractivity contribution in [1.29, 1.82) is 0 Å². The zero-order valence-corrected chi connectivity index (χ0v) is 8.51. The lowest BCUT2D eigenvalue weighted by Crippen LogP contribution is -2.34. The van der Waals surface area contributed by atoms with Gasteiger partial charge in [0.2, 0.25) is 0 Å². The van der Waals surface area contributed by atoms with Crippen molar-refractivity contribution in [2.75, 3.05) is 32.7 Å². The molecule has 0 fully saturated rings. The van der Waals surface area contributed by atoms with Gasteiger partial charge in [0.1, 0.15) is 0 Å². The summed E-state index contributed by atoms with van der Waals surface area (Å²) in [6, 6.07) is 0. The summed E-state index contributed by atoms with van der Waals surface area (Å²) in [5.41, 5.74) is 0. The summed E-state index contributed by atoms with van der Waals surface area (Å²) in [4.78, 5) is 2.36. The molecule has 2 N–H and O–H groups in total. The van der Waals surface area contributed by atoms with Gasteiger partial charge in [-0.1, -0.05) is 13.8 Å². The smallest absolute Gasteiger partial charge is 0.0636 e. The highest BCUT2D eigenvalue weighted by Gasteiger charge is 1.98. The Morgan fingerprint density at radius 1 is 1.33 bits per heavy atom. The molecular weight excluding hydrogens is 152 g/mol. The van der Waals surface area contributed by atoms with E-state index in [9.17, 15) is 0 Å². The predicted molar refractivity (Wildman–Crippen MR) is 52.3 cm³/mol. The molecule has 0 bridgehead atoms. The first-order chi connectivity index (χ1) is 5.70. The van der Waals surface area contributed by atoms with E-state index in [0.717, 1.165) is 26.2 Å². The second-order valence-corrected chi connectivity index (χ2v) is 3.08. The van der Waals surface area contributed by atoms with E-state index in [2.05, 4.69) is 24.1 Å². The third-order valence-corrected chi connectivity index (χ3v) is 1.94. The molecule has 0 aliphatic rings. The minimum absolute atomic E-state index is 0.235. The molecule has 1 atom stereocenters. The van der Waals surface area contributed by atoms with Crippen molar-refractivity contribution in [3.8, 4) is 0 Å². The highest BCUT2D eigenvalue weighted by atomic mass is 16.3. The topological polar surface area (TPSA) is 35.5 Å². The third kappa shape index (κ3) is 6.58. The van der Waals surface area contributed by atoms with E-state index in [1.807, 2.05) is 0 Å². The fraction of sp³-hybridized carbons (Fsp3) is 1.00. The molecule has 0 aliphatic heterocycles. The molecule has 0 aliphatic carbocycles. The zero-order chi connectivity index (χ0) is 9.40. The van der Waals surface area contributed by atoms with E-state index in [1.165, 1.54) is 0 Å². The lowest BCUT2D eigenvalue weighted by Gasteiger charge is -2.18. The highest BCUT2D eigenvalue weighted by molar-refractivity contribution is 4.57. The standard InChI is InChI=1S/C9H22N2O/c1-4-11(5-2)7-6-10-8-9(3)12/h9-10,12H,4-8H2,1-3H3. The summed E-state index contributed by atoms with van der Waals surface area (Å²) in [6.45, 7) is 11.1. The largest absolute Gasteiger partial charge is 0.392 e. The van der Waals surface area contributed by atoms with Crippen LogP contribution in [0, 0.1) is 0 Å². The average molecular weight is 174 g/mol. The summed E-state index contributed by atoms with van der Waals surface area (Å²) >= 11 is 0. The maximum Gasteiger partial charge on any atom is 0.0636 e. The van der Waals surface area contributed by atoms with Gasteiger partial charge >= 0.3 is 0 Å². The summed E-state index contributed by atoms with van der Waals surface area (Å²) in [7, 11) is 0. The van der Waals surface area contributed by atoms with Gasteiger partial charge in [-0.25, -0.2) is 0 Å². The Balaban J connectivity index is 3.17. The Morgan fingerprint density at radius 3 is 2.33 bits per heavy atom. The SMILES string of the molecule is CCN(CC)CCNCC(C)O. The van der Waals surface area contributed by atoms with Crippen molar-refractivity contribution in [2.24, 2.45) is 0 Å². The molecule has 0 radical (unpaired) electrons. The van der Waals surface area contributed by atoms with Gasteiger partial charge in [0, 0.05) is 19.6 Å². The molecule has 12 heavy (non-hydrogen) atoms. The van der Waals surface area contributed by atoms with Gasteiger partial charge < -0.3 is 15.3 Å². The normalized spacial score (nSPS) is 13.8. The van der Waals surface area contributed by atoms with Crippen LogP contribution in [0.2, 0.25) is 0 Å². The lowest BCUT2D eigenvalue weighted by atomic mass is 10.4. The Morgan fingerprint density at radius 2 is 1.92 bits per heavy atom. The molecular formula is C9H22N2O. The zero-order valence-electron chi connectivity index (χ0n) is 8.51. The quantitative estimate of drug-likeness (QED) is 0.545. The average Bonchev–Trinajstić information content (AvgIpc) is 2.04. The van der Waals surface area contributed by atoms with E-state index < -0.39 is 0 Å². The van der Waals surface area contributed by atoms with Crippen LogP contribution < -0.4 is 5.32 Å². The van der Waals surface area contributed by atoms with Gasteiger partial charge in [-0.2, -0.15) is 0 Å². The Bertz CT molecular complexity index is 92.5. The second-order valence-electron chi connectivity index (χ2n) is 3.08. The minimum atomic E-state index is -0.235. The van der Waals surface area contributed by atoms with Crippen LogP contribution in [-0.2, 0) is 0 Å². The summed E-state index contributed by atoms with van der Waals surface area (Å²) in [5.74, 6) is 0. The highest BCUT2D eigenvalue weighted by Crippen LogP contribution is 1.84. The van der Waals surface area contributed by atoms with Crippen LogP contribution >= 0.6 is 0 Å². The molecule has 0 rings (SSSR count). The molecule has 3 nitrogen and oxygen atoms in total. The predicted octanol–water partition coefficient (Wildman–Crippen LogP) is 0.299. The van der Waals surface area contributed by atoms with E-state index in [0.29, 0.717) is 6.54 Å². The van der Waals surface area contributed by atoms with Crippen molar-refractivity contribution >= 4 is 0 Å². The Kier molecular flexibility index (Phi) is 7.45. The van der Waals surface area contributed by atoms with Gasteiger partial charge in [-0.15, -0.1) is 0 Å². The maximum atomic E-state index is 8.96. The molecule has 0 amide bonds. The number of hydrogen-bond acceptors (Lipinski definition) is 3. The molecule has 0 spiro atoms. The van der Waals surface area contributed by atoms with Crippen molar-refractivity contribution in [1.82, 2.24) is 10.2 Å². The van der Waals surface area contributed by atoms with E-state index in [-0.39, 0.29) is 6.10 Å². The van der Waals surface area contributed by atoms with Crippen molar-refractivity contribution in [3.05, 3.63) is 0 Å². The van der Waals surface area contributed by atoms with Crippen LogP contribution in [0.5, 0.6) is 0 Å². The summed E-state index contributed by atoms with van der Waals surface area (Å²) in [6.07, 6.45) is -0.235. The monoisotopic (exact) mass is 174 g/mol. The summed E-state index contributed by atoms with van der Waals surface area (Å²) < 4.78 is 0. The third-order valence-electron chi connectivity index (χ3n) is 1.94. The van der Waals surface area contributed by atoms with Crippen molar-refractivity contribution < 1.29 is 5.11 Å². The second kappa shape index (κ2) is 7.53. The molecule has 3 heteroatoms. The van der Waals surface area contributed by atoms with E-state index in [1.54, 1.807) is 6.92 Å². The van der Waals surface area contributed by atoms with Crippen LogP contribution in [0.15, 0.2) is 0 Å². The minimum Gasteiger partial charge on any atom is -0.392 e. The summed E-state index contributed by atoms with van der Waals surface area (Å²) in [5, 5.41) is 12.1. The number of rotatable bonds is 7. The van der Waals surface area contributed by atoms with Crippen LogP contribution in [-0.4, -0.2) is 48.8 Å². The van der Waals surface area contributed by atoms with Gasteiger partial charge in [-0.3, -0.25) is 0 Å². The molecule has 0 saturated carbocycles. The van der Waals surface area contributed by atoms with Gasteiger partial charge in [0.05, 0.1) is 6.10 Å². The van der Waals surface area contributed by atoms with E-state index in [4.69, 9.17) is 5.11 Å². The fourth-order valence-electron chi connectivity index (χ4n) is 1.09.